The SMILES string of the molecule is C=C(/C=C\SC)C(=O)N1CCN(C2=C(C(=O)OCC)C(=O)NC3CCCCC23)CC1. The molecule has 2 fully saturated rings. The minimum Gasteiger partial charge on any atom is -0.462 e. The van der Waals surface area contributed by atoms with Crippen LogP contribution in [0.4, 0.5) is 0 Å². The van der Waals surface area contributed by atoms with Crippen LogP contribution in [0.3, 0.4) is 0 Å². The molecule has 1 N–H and O–H groups in total. The van der Waals surface area contributed by atoms with Gasteiger partial charge in [0.15, 0.2) is 0 Å². The quantitative estimate of drug-likeness (QED) is 0.299. The van der Waals surface area contributed by atoms with E-state index in [9.17, 15) is 14.4 Å². The third kappa shape index (κ3) is 4.74. The predicted molar refractivity (Wildman–Crippen MR) is 117 cm³/mol. The summed E-state index contributed by atoms with van der Waals surface area (Å²) in [6.07, 6.45) is 7.70. The molecule has 0 aromatic rings. The van der Waals surface area contributed by atoms with Crippen LogP contribution in [0.2, 0.25) is 0 Å². The molecule has 2 heterocycles. The Balaban J connectivity index is 1.80. The average Bonchev–Trinajstić information content (AvgIpc) is 2.76. The number of piperazine rings is 1. The first-order chi connectivity index (χ1) is 14.5. The highest BCUT2D eigenvalue weighted by molar-refractivity contribution is 8.01. The first kappa shape index (κ1) is 22.5. The molecular formula is C22H31N3O4S. The smallest absolute Gasteiger partial charge is 0.345 e. The van der Waals surface area contributed by atoms with Gasteiger partial charge < -0.3 is 19.9 Å². The number of nitrogens with zero attached hydrogens (tertiary/aromatic N) is 2. The van der Waals surface area contributed by atoms with Crippen LogP contribution in [0.25, 0.3) is 0 Å². The number of rotatable bonds is 6. The molecule has 8 heteroatoms. The van der Waals surface area contributed by atoms with Gasteiger partial charge in [0.05, 0.1) is 6.61 Å². The first-order valence-electron chi connectivity index (χ1n) is 10.6. The van der Waals surface area contributed by atoms with E-state index in [1.807, 2.05) is 11.7 Å². The number of nitrogens with one attached hydrogen (secondary N) is 1. The second-order valence-electron chi connectivity index (χ2n) is 7.79. The third-order valence-electron chi connectivity index (χ3n) is 5.98. The molecule has 3 rings (SSSR count). The Bertz CT molecular complexity index is 768. The lowest BCUT2D eigenvalue weighted by Gasteiger charge is -2.45. The number of thioether (sulfide) groups is 1. The number of hydrogen-bond acceptors (Lipinski definition) is 6. The third-order valence-corrected chi connectivity index (χ3v) is 6.39. The van der Waals surface area contributed by atoms with Crippen LogP contribution in [0, 0.1) is 5.92 Å². The minimum absolute atomic E-state index is 0.0653. The van der Waals surface area contributed by atoms with Gasteiger partial charge in [-0.1, -0.05) is 19.4 Å². The number of carbonyl (C=O) groups is 3. The van der Waals surface area contributed by atoms with Crippen LogP contribution < -0.4 is 5.32 Å². The highest BCUT2D eigenvalue weighted by Gasteiger charge is 2.43. The summed E-state index contributed by atoms with van der Waals surface area (Å²) in [5.41, 5.74) is 1.43. The lowest BCUT2D eigenvalue weighted by atomic mass is 9.77. The van der Waals surface area contributed by atoms with Gasteiger partial charge >= 0.3 is 5.97 Å². The molecule has 0 bridgehead atoms. The second-order valence-corrected chi connectivity index (χ2v) is 8.54. The van der Waals surface area contributed by atoms with E-state index < -0.39 is 5.97 Å². The van der Waals surface area contributed by atoms with E-state index in [1.165, 1.54) is 11.8 Å². The largest absolute Gasteiger partial charge is 0.462 e. The van der Waals surface area contributed by atoms with Crippen molar-refractivity contribution >= 4 is 29.5 Å². The van der Waals surface area contributed by atoms with E-state index >= 15 is 0 Å². The van der Waals surface area contributed by atoms with Gasteiger partial charge in [0.2, 0.25) is 0 Å². The maximum Gasteiger partial charge on any atom is 0.345 e. The molecule has 0 aromatic carbocycles. The molecule has 0 radical (unpaired) electrons. The topological polar surface area (TPSA) is 79.0 Å². The number of amides is 2. The molecule has 2 unspecified atom stereocenters. The average molecular weight is 434 g/mol. The van der Waals surface area contributed by atoms with Crippen molar-refractivity contribution in [2.24, 2.45) is 5.92 Å². The Morgan fingerprint density at radius 1 is 1.23 bits per heavy atom. The maximum absolute atomic E-state index is 12.8. The molecule has 1 aliphatic carbocycles. The molecule has 164 valence electrons. The summed E-state index contributed by atoms with van der Waals surface area (Å²) < 4.78 is 5.21. The fourth-order valence-electron chi connectivity index (χ4n) is 4.54. The molecule has 3 aliphatic rings. The van der Waals surface area contributed by atoms with E-state index in [-0.39, 0.29) is 36.0 Å². The van der Waals surface area contributed by atoms with Crippen molar-refractivity contribution in [2.75, 3.05) is 39.0 Å². The first-order valence-corrected chi connectivity index (χ1v) is 11.9. The van der Waals surface area contributed by atoms with Gasteiger partial charge in [-0.3, -0.25) is 9.59 Å². The molecule has 0 spiro atoms. The lowest BCUT2D eigenvalue weighted by Crippen LogP contribution is -2.56. The van der Waals surface area contributed by atoms with E-state index in [4.69, 9.17) is 4.74 Å². The highest BCUT2D eigenvalue weighted by atomic mass is 32.2. The minimum atomic E-state index is -0.553. The molecule has 1 saturated heterocycles. The van der Waals surface area contributed by atoms with Crippen molar-refractivity contribution < 1.29 is 19.1 Å². The van der Waals surface area contributed by atoms with E-state index in [1.54, 1.807) is 17.9 Å². The normalized spacial score (nSPS) is 24.5. The van der Waals surface area contributed by atoms with Gasteiger partial charge in [-0.25, -0.2) is 4.79 Å². The Morgan fingerprint density at radius 2 is 1.93 bits per heavy atom. The van der Waals surface area contributed by atoms with Crippen molar-refractivity contribution in [1.82, 2.24) is 15.1 Å². The fraction of sp³-hybridized carbons (Fsp3) is 0.591. The van der Waals surface area contributed by atoms with Gasteiger partial charge in [0, 0.05) is 49.4 Å². The van der Waals surface area contributed by atoms with Gasteiger partial charge in [0.25, 0.3) is 11.8 Å². The molecular weight excluding hydrogens is 402 g/mol. The molecule has 7 nitrogen and oxygen atoms in total. The highest BCUT2D eigenvalue weighted by Crippen LogP contribution is 2.37. The zero-order valence-corrected chi connectivity index (χ0v) is 18.6. The summed E-state index contributed by atoms with van der Waals surface area (Å²) in [5, 5.41) is 4.87. The van der Waals surface area contributed by atoms with Gasteiger partial charge in [0.1, 0.15) is 5.57 Å². The Morgan fingerprint density at radius 3 is 2.60 bits per heavy atom. The fourth-order valence-corrected chi connectivity index (χ4v) is 4.84. The summed E-state index contributed by atoms with van der Waals surface area (Å²) in [7, 11) is 0. The summed E-state index contributed by atoms with van der Waals surface area (Å²) in [6, 6.07) is 0.0653. The number of carbonyl (C=O) groups excluding carboxylic acids is 3. The van der Waals surface area contributed by atoms with Crippen LogP contribution in [0.5, 0.6) is 0 Å². The monoisotopic (exact) mass is 433 g/mol. The number of fused-ring (bicyclic) bond motifs is 1. The summed E-state index contributed by atoms with van der Waals surface area (Å²) in [6.45, 7) is 8.06. The zero-order valence-electron chi connectivity index (χ0n) is 17.8. The summed E-state index contributed by atoms with van der Waals surface area (Å²) >= 11 is 1.52. The van der Waals surface area contributed by atoms with Crippen LogP contribution >= 0.6 is 11.8 Å². The predicted octanol–water partition coefficient (Wildman–Crippen LogP) is 2.07. The van der Waals surface area contributed by atoms with Gasteiger partial charge in [-0.05, 0) is 37.5 Å². The van der Waals surface area contributed by atoms with Crippen LogP contribution in [-0.4, -0.2) is 72.7 Å². The summed E-state index contributed by atoms with van der Waals surface area (Å²) in [4.78, 5) is 42.0. The summed E-state index contributed by atoms with van der Waals surface area (Å²) in [5.74, 6) is -0.835. The van der Waals surface area contributed by atoms with Gasteiger partial charge in [-0.2, -0.15) is 0 Å². The molecule has 2 aliphatic heterocycles. The standard InChI is InChI=1S/C22H31N3O4S/c1-4-29-22(28)18-19(16-7-5-6-8-17(16)23-20(18)26)24-10-12-25(13-11-24)21(27)15(2)9-14-30-3/h9,14,16-17H,2,4-8,10-13H2,1,3H3,(H,23,26)/b14-9-. The lowest BCUT2D eigenvalue weighted by molar-refractivity contribution is -0.141. The second kappa shape index (κ2) is 10.2. The number of hydrogen-bond donors (Lipinski definition) is 1. The van der Waals surface area contributed by atoms with Crippen molar-refractivity contribution in [3.05, 3.63) is 34.9 Å². The molecule has 0 aromatic heterocycles. The molecule has 2 amide bonds. The molecule has 2 atom stereocenters. The van der Waals surface area contributed by atoms with Crippen molar-refractivity contribution in [1.29, 1.82) is 0 Å². The number of esters is 1. The Hall–Kier alpha value is -2.22. The van der Waals surface area contributed by atoms with E-state index in [0.29, 0.717) is 31.8 Å². The van der Waals surface area contributed by atoms with Crippen molar-refractivity contribution in [3.8, 4) is 0 Å². The Kier molecular flexibility index (Phi) is 7.64. The van der Waals surface area contributed by atoms with Crippen LogP contribution in [-0.2, 0) is 19.1 Å². The van der Waals surface area contributed by atoms with Gasteiger partial charge in [-0.15, -0.1) is 11.8 Å². The molecule has 1 saturated carbocycles. The van der Waals surface area contributed by atoms with Crippen LogP contribution in [0.15, 0.2) is 34.9 Å². The number of ether oxygens (including phenoxy) is 1. The zero-order chi connectivity index (χ0) is 21.7. The van der Waals surface area contributed by atoms with E-state index in [2.05, 4.69) is 16.8 Å². The van der Waals surface area contributed by atoms with Crippen LogP contribution in [0.1, 0.15) is 32.6 Å². The van der Waals surface area contributed by atoms with Crippen molar-refractivity contribution in [2.45, 2.75) is 38.6 Å². The Labute approximate surface area is 182 Å². The van der Waals surface area contributed by atoms with E-state index in [0.717, 1.165) is 31.4 Å². The van der Waals surface area contributed by atoms with Crippen molar-refractivity contribution in [3.63, 3.8) is 0 Å². The maximum atomic E-state index is 12.8. The molecule has 30 heavy (non-hydrogen) atoms.